The predicted octanol–water partition coefficient (Wildman–Crippen LogP) is 3.58. The maximum Gasteiger partial charge on any atom is 0.142 e. The number of anilines is 1. The number of rotatable bonds is 3. The SMILES string of the molecule is Cc1sc2nc(CSc3ccccn3)nc(N)c2c1C. The van der Waals surface area contributed by atoms with Crippen LogP contribution in [0.4, 0.5) is 5.82 Å². The van der Waals surface area contributed by atoms with Gasteiger partial charge in [-0.3, -0.25) is 0 Å². The van der Waals surface area contributed by atoms with E-state index in [-0.39, 0.29) is 0 Å². The number of thioether (sulfide) groups is 1. The van der Waals surface area contributed by atoms with Gasteiger partial charge in [-0.05, 0) is 31.5 Å². The summed E-state index contributed by atoms with van der Waals surface area (Å²) in [7, 11) is 0. The quantitative estimate of drug-likeness (QED) is 0.749. The monoisotopic (exact) mass is 302 g/mol. The summed E-state index contributed by atoms with van der Waals surface area (Å²) < 4.78 is 0. The van der Waals surface area contributed by atoms with Gasteiger partial charge in [-0.1, -0.05) is 17.8 Å². The second-order valence-corrected chi connectivity index (χ2v) is 6.64. The Hall–Kier alpha value is -1.66. The van der Waals surface area contributed by atoms with Crippen molar-refractivity contribution in [3.63, 3.8) is 0 Å². The number of hydrogen-bond acceptors (Lipinski definition) is 6. The minimum absolute atomic E-state index is 0.577. The van der Waals surface area contributed by atoms with Crippen LogP contribution >= 0.6 is 23.1 Å². The molecule has 3 aromatic rings. The Labute approximate surface area is 125 Å². The highest BCUT2D eigenvalue weighted by Gasteiger charge is 2.12. The number of nitrogen functional groups attached to an aromatic ring is 1. The lowest BCUT2D eigenvalue weighted by molar-refractivity contribution is 1.07. The Morgan fingerprint density at radius 2 is 2.10 bits per heavy atom. The Kier molecular flexibility index (Phi) is 3.58. The molecule has 3 aromatic heterocycles. The van der Waals surface area contributed by atoms with Gasteiger partial charge in [-0.25, -0.2) is 15.0 Å². The first-order valence-electron chi connectivity index (χ1n) is 6.21. The molecular formula is C14H14N4S2. The minimum Gasteiger partial charge on any atom is -0.383 e. The molecule has 2 N–H and O–H groups in total. The molecule has 0 amide bonds. The van der Waals surface area contributed by atoms with Crippen LogP contribution in [0.1, 0.15) is 16.3 Å². The molecule has 0 saturated heterocycles. The zero-order valence-electron chi connectivity index (χ0n) is 11.3. The number of nitrogens with two attached hydrogens (primary N) is 1. The highest BCUT2D eigenvalue weighted by Crippen LogP contribution is 2.32. The van der Waals surface area contributed by atoms with E-state index in [1.807, 2.05) is 18.2 Å². The van der Waals surface area contributed by atoms with Crippen LogP contribution in [0.15, 0.2) is 29.4 Å². The van der Waals surface area contributed by atoms with Gasteiger partial charge in [0, 0.05) is 11.1 Å². The summed E-state index contributed by atoms with van der Waals surface area (Å²) >= 11 is 3.29. The van der Waals surface area contributed by atoms with E-state index in [1.165, 1.54) is 10.4 Å². The van der Waals surface area contributed by atoms with E-state index < -0.39 is 0 Å². The molecule has 0 fully saturated rings. The molecular weight excluding hydrogens is 288 g/mol. The first-order chi connectivity index (χ1) is 9.65. The van der Waals surface area contributed by atoms with Gasteiger partial charge in [-0.15, -0.1) is 11.3 Å². The summed E-state index contributed by atoms with van der Waals surface area (Å²) in [5.41, 5.74) is 7.26. The first-order valence-corrected chi connectivity index (χ1v) is 8.01. The van der Waals surface area contributed by atoms with E-state index in [0.717, 1.165) is 21.1 Å². The molecule has 3 rings (SSSR count). The summed E-state index contributed by atoms with van der Waals surface area (Å²) in [4.78, 5) is 15.5. The molecule has 0 spiro atoms. The second-order valence-electron chi connectivity index (χ2n) is 4.45. The van der Waals surface area contributed by atoms with Crippen LogP contribution < -0.4 is 5.73 Å². The average molecular weight is 302 g/mol. The molecule has 102 valence electrons. The number of pyridine rings is 1. The molecule has 0 unspecified atom stereocenters. The maximum absolute atomic E-state index is 6.07. The Balaban J connectivity index is 1.89. The lowest BCUT2D eigenvalue weighted by Crippen LogP contribution is -1.99. The van der Waals surface area contributed by atoms with E-state index in [9.17, 15) is 0 Å². The van der Waals surface area contributed by atoms with Crippen LogP contribution in [0.3, 0.4) is 0 Å². The van der Waals surface area contributed by atoms with Crippen molar-refractivity contribution < 1.29 is 0 Å². The summed E-state index contributed by atoms with van der Waals surface area (Å²) in [6.45, 7) is 4.15. The fourth-order valence-corrected chi connectivity index (χ4v) is 3.73. The standard InChI is InChI=1S/C14H14N4S2/c1-8-9(2)20-14-12(8)13(15)17-10(18-14)7-19-11-5-3-4-6-16-11/h3-6H,7H2,1-2H3,(H2,15,17,18). The molecule has 3 heterocycles. The Morgan fingerprint density at radius 1 is 1.25 bits per heavy atom. The molecule has 0 aliphatic carbocycles. The van der Waals surface area contributed by atoms with E-state index in [2.05, 4.69) is 28.8 Å². The molecule has 0 aliphatic rings. The smallest absolute Gasteiger partial charge is 0.142 e. The van der Waals surface area contributed by atoms with Crippen molar-refractivity contribution in [2.45, 2.75) is 24.6 Å². The fraction of sp³-hybridized carbons (Fsp3) is 0.214. The van der Waals surface area contributed by atoms with Gasteiger partial charge in [0.1, 0.15) is 16.5 Å². The van der Waals surface area contributed by atoms with E-state index in [1.54, 1.807) is 29.3 Å². The van der Waals surface area contributed by atoms with Crippen molar-refractivity contribution >= 4 is 39.1 Å². The Bertz CT molecular complexity index is 753. The van der Waals surface area contributed by atoms with Crippen LogP contribution in [0, 0.1) is 13.8 Å². The number of aromatic nitrogens is 3. The van der Waals surface area contributed by atoms with Crippen LogP contribution in [0.2, 0.25) is 0 Å². The van der Waals surface area contributed by atoms with Crippen molar-refractivity contribution in [3.05, 3.63) is 40.7 Å². The third-order valence-electron chi connectivity index (χ3n) is 3.09. The van der Waals surface area contributed by atoms with Gasteiger partial charge < -0.3 is 5.73 Å². The highest BCUT2D eigenvalue weighted by molar-refractivity contribution is 7.98. The molecule has 0 aromatic carbocycles. The lowest BCUT2D eigenvalue weighted by Gasteiger charge is -2.03. The van der Waals surface area contributed by atoms with Gasteiger partial charge >= 0.3 is 0 Å². The van der Waals surface area contributed by atoms with Crippen molar-refractivity contribution in [2.75, 3.05) is 5.73 Å². The number of aryl methyl sites for hydroxylation is 2. The number of hydrogen-bond donors (Lipinski definition) is 1. The molecule has 0 bridgehead atoms. The third kappa shape index (κ3) is 2.48. The topological polar surface area (TPSA) is 64.7 Å². The minimum atomic E-state index is 0.577. The van der Waals surface area contributed by atoms with Gasteiger partial charge in [0.15, 0.2) is 0 Å². The first kappa shape index (κ1) is 13.3. The van der Waals surface area contributed by atoms with E-state index in [0.29, 0.717) is 11.6 Å². The van der Waals surface area contributed by atoms with E-state index in [4.69, 9.17) is 5.73 Å². The largest absolute Gasteiger partial charge is 0.383 e. The number of fused-ring (bicyclic) bond motifs is 1. The number of thiophene rings is 1. The van der Waals surface area contributed by atoms with Gasteiger partial charge in [0.05, 0.1) is 16.2 Å². The summed E-state index contributed by atoms with van der Waals surface area (Å²) in [6.07, 6.45) is 1.78. The zero-order valence-corrected chi connectivity index (χ0v) is 12.9. The third-order valence-corrected chi connectivity index (χ3v) is 5.13. The summed E-state index contributed by atoms with van der Waals surface area (Å²) in [6, 6.07) is 5.85. The molecule has 0 atom stereocenters. The van der Waals surface area contributed by atoms with Gasteiger partial charge in [-0.2, -0.15) is 0 Å². The summed E-state index contributed by atoms with van der Waals surface area (Å²) in [5.74, 6) is 2.01. The van der Waals surface area contributed by atoms with Gasteiger partial charge in [0.2, 0.25) is 0 Å². The zero-order chi connectivity index (χ0) is 14.1. The molecule has 20 heavy (non-hydrogen) atoms. The summed E-state index contributed by atoms with van der Waals surface area (Å²) in [5, 5.41) is 1.97. The van der Waals surface area contributed by atoms with Crippen molar-refractivity contribution in [1.29, 1.82) is 0 Å². The molecule has 6 heteroatoms. The van der Waals surface area contributed by atoms with Crippen molar-refractivity contribution in [2.24, 2.45) is 0 Å². The molecule has 0 aliphatic heterocycles. The average Bonchev–Trinajstić information content (AvgIpc) is 2.73. The molecule has 0 radical (unpaired) electrons. The lowest BCUT2D eigenvalue weighted by atomic mass is 10.2. The fourth-order valence-electron chi connectivity index (χ4n) is 1.96. The van der Waals surface area contributed by atoms with Crippen LogP contribution in [-0.4, -0.2) is 15.0 Å². The number of nitrogens with zero attached hydrogens (tertiary/aromatic N) is 3. The predicted molar refractivity (Wildman–Crippen MR) is 85.1 cm³/mol. The Morgan fingerprint density at radius 3 is 2.85 bits per heavy atom. The highest BCUT2D eigenvalue weighted by atomic mass is 32.2. The van der Waals surface area contributed by atoms with Crippen LogP contribution in [0.5, 0.6) is 0 Å². The van der Waals surface area contributed by atoms with Crippen LogP contribution in [0.25, 0.3) is 10.2 Å². The second kappa shape index (κ2) is 5.38. The van der Waals surface area contributed by atoms with E-state index >= 15 is 0 Å². The normalized spacial score (nSPS) is 11.1. The maximum atomic E-state index is 6.07. The molecule has 0 saturated carbocycles. The van der Waals surface area contributed by atoms with Gasteiger partial charge in [0.25, 0.3) is 0 Å². The molecule has 4 nitrogen and oxygen atoms in total. The van der Waals surface area contributed by atoms with Crippen molar-refractivity contribution in [1.82, 2.24) is 15.0 Å². The van der Waals surface area contributed by atoms with Crippen molar-refractivity contribution in [3.8, 4) is 0 Å². The van der Waals surface area contributed by atoms with Crippen LogP contribution in [-0.2, 0) is 5.75 Å².